The molecule has 2 saturated heterocycles. The summed E-state index contributed by atoms with van der Waals surface area (Å²) in [6.07, 6.45) is 8.83. The number of nitrogens with zero attached hydrogens (tertiary/aromatic N) is 3. The molecule has 3 unspecified atom stereocenters. The van der Waals surface area contributed by atoms with Gasteiger partial charge in [0, 0.05) is 45.7 Å². The van der Waals surface area contributed by atoms with Crippen LogP contribution in [-0.2, 0) is 16.1 Å². The van der Waals surface area contributed by atoms with Crippen molar-refractivity contribution >= 4 is 11.8 Å². The zero-order valence-electron chi connectivity index (χ0n) is 21.3. The molecule has 5 rings (SSSR count). The highest BCUT2D eigenvalue weighted by atomic mass is 16.2. The summed E-state index contributed by atoms with van der Waals surface area (Å²) in [5, 5.41) is 0. The molecular weight excluding hydrogens is 422 g/mol. The van der Waals surface area contributed by atoms with Crippen LogP contribution >= 0.6 is 0 Å². The number of fused-ring (bicyclic) bond motifs is 2. The van der Waals surface area contributed by atoms with Crippen LogP contribution in [0.4, 0.5) is 0 Å². The van der Waals surface area contributed by atoms with E-state index in [4.69, 9.17) is 0 Å². The summed E-state index contributed by atoms with van der Waals surface area (Å²) in [6.45, 7) is 9.78. The van der Waals surface area contributed by atoms with E-state index in [1.54, 1.807) is 0 Å². The molecule has 1 aromatic rings. The standard InChI is InChI=1S/C29H43N3O2/c1-22-15-24-17-25(16-22)19-29(2,18-24)20-27(33)32-10-6-9-26(32)28(34)31-13-11-30(12-14-31)21-23-7-4-3-5-8-23/h3-5,7-8,22,24-26H,6,9-21H2,1-2H3. The number of hydrogen-bond donors (Lipinski definition) is 0. The molecule has 0 aromatic heterocycles. The number of carbonyl (C=O) groups is 2. The molecular formula is C29H43N3O2. The fourth-order valence-electron chi connectivity index (χ4n) is 7.82. The number of likely N-dealkylation sites (tertiary alicyclic amines) is 1. The Labute approximate surface area is 205 Å². The molecule has 2 aliphatic carbocycles. The van der Waals surface area contributed by atoms with Crippen LogP contribution in [0, 0.1) is 23.2 Å². The number of piperazine rings is 1. The summed E-state index contributed by atoms with van der Waals surface area (Å²) in [4.78, 5) is 33.4. The summed E-state index contributed by atoms with van der Waals surface area (Å²) in [5.74, 6) is 2.85. The van der Waals surface area contributed by atoms with E-state index >= 15 is 0 Å². The minimum Gasteiger partial charge on any atom is -0.338 e. The first-order valence-electron chi connectivity index (χ1n) is 13.7. The van der Waals surface area contributed by atoms with Gasteiger partial charge in [-0.05, 0) is 73.7 Å². The predicted octanol–water partition coefficient (Wildman–Crippen LogP) is 4.56. The lowest BCUT2D eigenvalue weighted by molar-refractivity contribution is -0.146. The van der Waals surface area contributed by atoms with Crippen LogP contribution in [-0.4, -0.2) is 65.3 Å². The van der Waals surface area contributed by atoms with Crippen LogP contribution in [0.5, 0.6) is 0 Å². The molecule has 2 amide bonds. The molecule has 2 saturated carbocycles. The zero-order valence-corrected chi connectivity index (χ0v) is 21.3. The van der Waals surface area contributed by atoms with E-state index in [2.05, 4.69) is 49.1 Å². The fraction of sp³-hybridized carbons (Fsp3) is 0.724. The first-order chi connectivity index (χ1) is 16.4. The fourth-order valence-corrected chi connectivity index (χ4v) is 7.82. The molecule has 0 radical (unpaired) electrons. The van der Waals surface area contributed by atoms with Crippen molar-refractivity contribution in [3.63, 3.8) is 0 Å². The molecule has 5 heteroatoms. The van der Waals surface area contributed by atoms with Crippen LogP contribution in [0.25, 0.3) is 0 Å². The SMILES string of the molecule is CC1CC2CC(C1)CC(C)(CC(=O)N1CCCC1C(=O)N1CCN(Cc3ccccc3)CC1)C2. The van der Waals surface area contributed by atoms with Crippen molar-refractivity contribution in [3.05, 3.63) is 35.9 Å². The summed E-state index contributed by atoms with van der Waals surface area (Å²) >= 11 is 0. The average molecular weight is 466 g/mol. The number of benzene rings is 1. The second-order valence-electron chi connectivity index (χ2n) is 12.3. The molecule has 1 aromatic carbocycles. The number of hydrogen-bond acceptors (Lipinski definition) is 3. The molecule has 2 aliphatic heterocycles. The van der Waals surface area contributed by atoms with Crippen molar-refractivity contribution in [2.75, 3.05) is 32.7 Å². The van der Waals surface area contributed by atoms with Gasteiger partial charge in [-0.3, -0.25) is 14.5 Å². The van der Waals surface area contributed by atoms with E-state index in [1.807, 2.05) is 9.80 Å². The largest absolute Gasteiger partial charge is 0.338 e. The molecule has 4 fully saturated rings. The smallest absolute Gasteiger partial charge is 0.245 e. The maximum absolute atomic E-state index is 13.5. The van der Waals surface area contributed by atoms with Gasteiger partial charge >= 0.3 is 0 Å². The van der Waals surface area contributed by atoms with Gasteiger partial charge in [-0.2, -0.15) is 0 Å². The Hall–Kier alpha value is -1.88. The Balaban J connectivity index is 1.15. The van der Waals surface area contributed by atoms with Gasteiger partial charge in [-0.25, -0.2) is 0 Å². The topological polar surface area (TPSA) is 43.9 Å². The van der Waals surface area contributed by atoms with Gasteiger partial charge in [0.05, 0.1) is 0 Å². The van der Waals surface area contributed by atoms with E-state index in [9.17, 15) is 9.59 Å². The summed E-state index contributed by atoms with van der Waals surface area (Å²) < 4.78 is 0. The van der Waals surface area contributed by atoms with Crippen molar-refractivity contribution in [1.29, 1.82) is 0 Å². The first-order valence-corrected chi connectivity index (χ1v) is 13.7. The van der Waals surface area contributed by atoms with Crippen molar-refractivity contribution in [1.82, 2.24) is 14.7 Å². The highest BCUT2D eigenvalue weighted by Crippen LogP contribution is 2.51. The van der Waals surface area contributed by atoms with Crippen LogP contribution in [0.1, 0.15) is 70.8 Å². The quantitative estimate of drug-likeness (QED) is 0.640. The van der Waals surface area contributed by atoms with Gasteiger partial charge in [0.2, 0.25) is 11.8 Å². The van der Waals surface area contributed by atoms with Crippen molar-refractivity contribution < 1.29 is 9.59 Å². The van der Waals surface area contributed by atoms with Crippen LogP contribution in [0.2, 0.25) is 0 Å². The highest BCUT2D eigenvalue weighted by Gasteiger charge is 2.44. The van der Waals surface area contributed by atoms with Crippen molar-refractivity contribution in [2.24, 2.45) is 23.2 Å². The molecule has 2 heterocycles. The van der Waals surface area contributed by atoms with E-state index in [1.165, 1.54) is 37.7 Å². The summed E-state index contributed by atoms with van der Waals surface area (Å²) in [7, 11) is 0. The van der Waals surface area contributed by atoms with Crippen molar-refractivity contribution in [2.45, 2.75) is 77.8 Å². The third-order valence-corrected chi connectivity index (χ3v) is 9.07. The third kappa shape index (κ3) is 5.35. The van der Waals surface area contributed by atoms with E-state index < -0.39 is 0 Å². The molecule has 5 nitrogen and oxygen atoms in total. The van der Waals surface area contributed by atoms with E-state index in [0.717, 1.165) is 69.9 Å². The maximum Gasteiger partial charge on any atom is 0.245 e. The minimum atomic E-state index is -0.236. The Kier molecular flexibility index (Phi) is 7.02. The molecule has 186 valence electrons. The van der Waals surface area contributed by atoms with Gasteiger partial charge in [0.15, 0.2) is 0 Å². The van der Waals surface area contributed by atoms with Gasteiger partial charge in [0.1, 0.15) is 6.04 Å². The third-order valence-electron chi connectivity index (χ3n) is 9.07. The predicted molar refractivity (Wildman–Crippen MR) is 135 cm³/mol. The van der Waals surface area contributed by atoms with E-state index in [0.29, 0.717) is 6.42 Å². The lowest BCUT2D eigenvalue weighted by Crippen LogP contribution is -2.54. The Morgan fingerprint density at radius 2 is 1.62 bits per heavy atom. The van der Waals surface area contributed by atoms with Crippen LogP contribution < -0.4 is 0 Å². The lowest BCUT2D eigenvalue weighted by atomic mass is 9.58. The first kappa shape index (κ1) is 23.8. The highest BCUT2D eigenvalue weighted by molar-refractivity contribution is 5.88. The monoisotopic (exact) mass is 465 g/mol. The average Bonchev–Trinajstić information content (AvgIpc) is 3.29. The summed E-state index contributed by atoms with van der Waals surface area (Å²) in [6, 6.07) is 10.3. The Bertz CT molecular complexity index is 845. The van der Waals surface area contributed by atoms with Crippen molar-refractivity contribution in [3.8, 4) is 0 Å². The number of amides is 2. The second-order valence-corrected chi connectivity index (χ2v) is 12.3. The molecule has 0 spiro atoms. The normalized spacial score (nSPS) is 34.3. The minimum absolute atomic E-state index is 0.115. The Morgan fingerprint density at radius 1 is 0.941 bits per heavy atom. The van der Waals surface area contributed by atoms with E-state index in [-0.39, 0.29) is 23.3 Å². The maximum atomic E-state index is 13.5. The second kappa shape index (κ2) is 10.0. The van der Waals surface area contributed by atoms with Gasteiger partial charge in [-0.1, -0.05) is 44.2 Å². The Morgan fingerprint density at radius 3 is 2.29 bits per heavy atom. The molecule has 4 aliphatic rings. The van der Waals surface area contributed by atoms with Crippen LogP contribution in [0.3, 0.4) is 0 Å². The molecule has 3 atom stereocenters. The van der Waals surface area contributed by atoms with Gasteiger partial charge < -0.3 is 9.80 Å². The summed E-state index contributed by atoms with van der Waals surface area (Å²) in [5.41, 5.74) is 1.44. The van der Waals surface area contributed by atoms with Gasteiger partial charge in [-0.15, -0.1) is 0 Å². The molecule has 0 N–H and O–H groups in total. The van der Waals surface area contributed by atoms with Gasteiger partial charge in [0.25, 0.3) is 0 Å². The molecule has 2 bridgehead atoms. The zero-order chi connectivity index (χ0) is 23.7. The molecule has 34 heavy (non-hydrogen) atoms. The number of rotatable bonds is 5. The lowest BCUT2D eigenvalue weighted by Gasteiger charge is -2.47. The number of carbonyl (C=O) groups excluding carboxylic acids is 2. The van der Waals surface area contributed by atoms with Crippen LogP contribution in [0.15, 0.2) is 30.3 Å².